The molecule has 3 heterocycles. The molecule has 3 amide bonds. The van der Waals surface area contributed by atoms with Gasteiger partial charge in [0.2, 0.25) is 5.91 Å². The van der Waals surface area contributed by atoms with E-state index in [4.69, 9.17) is 10.5 Å². The van der Waals surface area contributed by atoms with Crippen LogP contribution in [0.15, 0.2) is 67.0 Å². The molecule has 9 heteroatoms. The van der Waals surface area contributed by atoms with Gasteiger partial charge in [-0.3, -0.25) is 9.59 Å². The summed E-state index contributed by atoms with van der Waals surface area (Å²) in [4.78, 5) is 48.0. The first kappa shape index (κ1) is 32.8. The first-order valence-corrected chi connectivity index (χ1v) is 14.8. The van der Waals surface area contributed by atoms with Gasteiger partial charge in [-0.1, -0.05) is 52.0 Å². The van der Waals surface area contributed by atoms with Crippen molar-refractivity contribution in [3.8, 4) is 22.3 Å². The van der Waals surface area contributed by atoms with Gasteiger partial charge in [0.05, 0.1) is 0 Å². The van der Waals surface area contributed by atoms with Gasteiger partial charge in [-0.15, -0.1) is 0 Å². The van der Waals surface area contributed by atoms with Crippen LogP contribution in [0.1, 0.15) is 69.2 Å². The van der Waals surface area contributed by atoms with E-state index in [9.17, 15) is 14.4 Å². The number of nitrogens with zero attached hydrogens (tertiary/aromatic N) is 3. The Morgan fingerprint density at radius 2 is 1.33 bits per heavy atom. The number of nitrogens with two attached hydrogens (primary N) is 1. The van der Waals surface area contributed by atoms with E-state index in [0.717, 1.165) is 33.3 Å². The number of rotatable bonds is 4. The van der Waals surface area contributed by atoms with Crippen LogP contribution in [0.25, 0.3) is 33.3 Å². The molecule has 0 bridgehead atoms. The fourth-order valence-corrected chi connectivity index (χ4v) is 4.62. The third kappa shape index (κ3) is 8.00. The number of H-pyrrole nitrogens is 1. The van der Waals surface area contributed by atoms with Gasteiger partial charge in [-0.2, -0.15) is 0 Å². The van der Waals surface area contributed by atoms with Crippen LogP contribution in [0.5, 0.6) is 0 Å². The number of primary amides is 1. The molecule has 4 aromatic rings. The number of piperazine rings is 1. The molecule has 0 atom stereocenters. The number of carbonyl (C=O) groups excluding carboxylic acids is 3. The first-order valence-electron chi connectivity index (χ1n) is 14.8. The molecule has 1 aliphatic rings. The molecule has 2 aromatic carbocycles. The predicted octanol–water partition coefficient (Wildman–Crippen LogP) is 6.74. The third-order valence-corrected chi connectivity index (χ3v) is 6.70. The summed E-state index contributed by atoms with van der Waals surface area (Å²) in [5, 5.41) is 0.947. The van der Waals surface area contributed by atoms with Gasteiger partial charge < -0.3 is 25.3 Å². The fourth-order valence-electron chi connectivity index (χ4n) is 4.62. The predicted molar refractivity (Wildman–Crippen MR) is 172 cm³/mol. The zero-order valence-corrected chi connectivity index (χ0v) is 26.2. The number of amides is 3. The van der Waals surface area contributed by atoms with E-state index >= 15 is 0 Å². The Kier molecular flexibility index (Phi) is 11.1. The van der Waals surface area contributed by atoms with Gasteiger partial charge in [0.1, 0.15) is 11.2 Å². The van der Waals surface area contributed by atoms with Crippen LogP contribution in [0.2, 0.25) is 0 Å². The van der Waals surface area contributed by atoms with Crippen molar-refractivity contribution in [2.45, 2.75) is 54.1 Å². The highest BCUT2D eigenvalue weighted by molar-refractivity contribution is 5.98. The summed E-state index contributed by atoms with van der Waals surface area (Å²) in [5.41, 5.74) is 10.4. The quantitative estimate of drug-likeness (QED) is 0.275. The minimum Gasteiger partial charge on any atom is -0.444 e. The van der Waals surface area contributed by atoms with E-state index in [-0.39, 0.29) is 12.0 Å². The van der Waals surface area contributed by atoms with Crippen molar-refractivity contribution in [1.29, 1.82) is 0 Å². The molecule has 5 rings (SSSR count). The molecule has 0 radical (unpaired) electrons. The standard InChI is InChI=1S/C30H31N5O4.2C2H6/c1-30(2,3)39-29(38)35-14-12-34(13-15-35)28(37)22-10-4-19(5-11-22)23-16-24-25(18-33-27(24)32-17-23)20-6-8-21(9-7-20)26(31)36;2*1-2/h4-11,16-18H,12-15H2,1-3H3,(H2,31,36)(H,32,33);2*1-2H3. The maximum absolute atomic E-state index is 13.1. The summed E-state index contributed by atoms with van der Waals surface area (Å²) in [5.74, 6) is -0.527. The maximum Gasteiger partial charge on any atom is 0.410 e. The molecule has 1 aliphatic heterocycles. The minimum absolute atomic E-state index is 0.0636. The number of fused-ring (bicyclic) bond motifs is 1. The lowest BCUT2D eigenvalue weighted by molar-refractivity contribution is 0.0141. The molecule has 1 saturated heterocycles. The Balaban J connectivity index is 0.00000121. The first-order chi connectivity index (χ1) is 20.6. The maximum atomic E-state index is 13.1. The Labute approximate surface area is 254 Å². The molecule has 0 spiro atoms. The van der Waals surface area contributed by atoms with Crippen molar-refractivity contribution >= 4 is 28.9 Å². The number of carbonyl (C=O) groups is 3. The minimum atomic E-state index is -0.549. The lowest BCUT2D eigenvalue weighted by Crippen LogP contribution is -2.51. The van der Waals surface area contributed by atoms with Crippen LogP contribution in [0, 0.1) is 0 Å². The zero-order chi connectivity index (χ0) is 31.7. The van der Waals surface area contributed by atoms with E-state index in [0.29, 0.717) is 37.3 Å². The lowest BCUT2D eigenvalue weighted by Gasteiger charge is -2.35. The smallest absolute Gasteiger partial charge is 0.410 e. The van der Waals surface area contributed by atoms with Crippen molar-refractivity contribution in [2.75, 3.05) is 26.2 Å². The second kappa shape index (κ2) is 14.5. The number of aromatic amines is 1. The van der Waals surface area contributed by atoms with Crippen LogP contribution in [-0.2, 0) is 4.74 Å². The van der Waals surface area contributed by atoms with Crippen molar-refractivity contribution in [1.82, 2.24) is 19.8 Å². The van der Waals surface area contributed by atoms with Gasteiger partial charge >= 0.3 is 6.09 Å². The van der Waals surface area contributed by atoms with Crippen LogP contribution < -0.4 is 5.73 Å². The largest absolute Gasteiger partial charge is 0.444 e. The van der Waals surface area contributed by atoms with Crippen molar-refractivity contribution in [3.05, 3.63) is 78.1 Å². The number of hydrogen-bond acceptors (Lipinski definition) is 5. The Hall–Kier alpha value is -4.66. The summed E-state index contributed by atoms with van der Waals surface area (Å²) >= 11 is 0. The number of nitrogens with one attached hydrogen (secondary N) is 1. The highest BCUT2D eigenvalue weighted by Crippen LogP contribution is 2.31. The van der Waals surface area contributed by atoms with Crippen LogP contribution in [0.3, 0.4) is 0 Å². The second-order valence-electron chi connectivity index (χ2n) is 10.6. The molecular weight excluding hydrogens is 542 g/mol. The van der Waals surface area contributed by atoms with E-state index in [1.807, 2.05) is 91.1 Å². The number of benzene rings is 2. The summed E-state index contributed by atoms with van der Waals surface area (Å²) < 4.78 is 5.44. The topological polar surface area (TPSA) is 122 Å². The third-order valence-electron chi connectivity index (χ3n) is 6.70. The van der Waals surface area contributed by atoms with Crippen molar-refractivity contribution in [2.24, 2.45) is 5.73 Å². The van der Waals surface area contributed by atoms with Gasteiger partial charge in [-0.25, -0.2) is 9.78 Å². The Morgan fingerprint density at radius 1 is 0.791 bits per heavy atom. The van der Waals surface area contributed by atoms with E-state index < -0.39 is 11.5 Å². The number of hydrogen-bond donors (Lipinski definition) is 2. The summed E-state index contributed by atoms with van der Waals surface area (Å²) in [6, 6.07) is 16.7. The molecule has 3 N–H and O–H groups in total. The highest BCUT2D eigenvalue weighted by atomic mass is 16.6. The molecule has 228 valence electrons. The molecule has 1 fully saturated rings. The molecule has 0 saturated carbocycles. The molecule has 2 aromatic heterocycles. The van der Waals surface area contributed by atoms with Crippen LogP contribution in [-0.4, -0.2) is 69.5 Å². The number of aromatic nitrogens is 2. The fraction of sp³-hybridized carbons (Fsp3) is 0.353. The molecule has 0 unspecified atom stereocenters. The monoisotopic (exact) mass is 585 g/mol. The molecule has 0 aliphatic carbocycles. The van der Waals surface area contributed by atoms with Crippen LogP contribution >= 0.6 is 0 Å². The number of pyridine rings is 1. The highest BCUT2D eigenvalue weighted by Gasteiger charge is 2.28. The van der Waals surface area contributed by atoms with Crippen LogP contribution in [0.4, 0.5) is 4.79 Å². The molecular formula is C34H43N5O4. The normalized spacial score (nSPS) is 12.9. The van der Waals surface area contributed by atoms with E-state index in [1.54, 1.807) is 28.1 Å². The van der Waals surface area contributed by atoms with Gasteiger partial charge in [0.15, 0.2) is 0 Å². The lowest BCUT2D eigenvalue weighted by atomic mass is 10.0. The SMILES string of the molecule is CC.CC.CC(C)(C)OC(=O)N1CCN(C(=O)c2ccc(-c3cnc4[nH]cc(-c5ccc(C(N)=O)cc5)c4c3)cc2)CC1. The second-order valence-corrected chi connectivity index (χ2v) is 10.6. The average molecular weight is 586 g/mol. The summed E-state index contributed by atoms with van der Waals surface area (Å²) in [6.07, 6.45) is 3.34. The van der Waals surface area contributed by atoms with Gasteiger partial charge in [0, 0.05) is 66.2 Å². The zero-order valence-electron chi connectivity index (χ0n) is 26.2. The van der Waals surface area contributed by atoms with Crippen molar-refractivity contribution < 1.29 is 19.1 Å². The number of ether oxygens (including phenoxy) is 1. The van der Waals surface area contributed by atoms with Gasteiger partial charge in [-0.05, 0) is 62.2 Å². The van der Waals surface area contributed by atoms with E-state index in [2.05, 4.69) is 16.0 Å². The van der Waals surface area contributed by atoms with Gasteiger partial charge in [0.25, 0.3) is 5.91 Å². The van der Waals surface area contributed by atoms with E-state index in [1.165, 1.54) is 0 Å². The molecule has 43 heavy (non-hydrogen) atoms. The summed E-state index contributed by atoms with van der Waals surface area (Å²) in [6.45, 7) is 15.3. The molecule has 9 nitrogen and oxygen atoms in total. The summed E-state index contributed by atoms with van der Waals surface area (Å²) in [7, 11) is 0. The average Bonchev–Trinajstić information content (AvgIpc) is 3.45. The Bertz CT molecular complexity index is 1530. The van der Waals surface area contributed by atoms with Crippen molar-refractivity contribution in [3.63, 3.8) is 0 Å². The Morgan fingerprint density at radius 3 is 1.88 bits per heavy atom.